The number of rotatable bonds is 2. The lowest BCUT2D eigenvalue weighted by Crippen LogP contribution is -2.11. The molecule has 0 aromatic carbocycles. The minimum absolute atomic E-state index is 0.161. The number of nitrogens with one attached hydrogen (secondary N) is 1. The molecule has 1 aromatic heterocycles. The molecule has 10 heavy (non-hydrogen) atoms. The zero-order valence-corrected chi connectivity index (χ0v) is 7.05. The van der Waals surface area contributed by atoms with Crippen LogP contribution in [0.4, 0.5) is 0 Å². The Hall–Kier alpha value is -0.320. The van der Waals surface area contributed by atoms with Crippen LogP contribution in [-0.2, 0) is 0 Å². The smallest absolute Gasteiger partial charge is 0.169 e. The second-order valence-corrected chi connectivity index (χ2v) is 2.77. The highest BCUT2D eigenvalue weighted by Gasteiger charge is 2.06. The first kappa shape index (κ1) is 7.78. The van der Waals surface area contributed by atoms with Crippen LogP contribution in [0.2, 0.25) is 0 Å². The summed E-state index contributed by atoms with van der Waals surface area (Å²) < 4.78 is 5.80. The summed E-state index contributed by atoms with van der Waals surface area (Å²) >= 11 is 3.15. The SMILES string of the molecule is C[C@H](NO)c1ccc(Br)o1. The standard InChI is InChI=1S/C6H8BrNO2/c1-4(8-9)5-2-3-6(7)10-5/h2-4,8-9H,1H3/t4-/m0/s1. The second kappa shape index (κ2) is 3.18. The van der Waals surface area contributed by atoms with Crippen LogP contribution in [-0.4, -0.2) is 5.21 Å². The van der Waals surface area contributed by atoms with E-state index in [9.17, 15) is 0 Å². The predicted molar refractivity (Wildman–Crippen MR) is 39.7 cm³/mol. The Balaban J connectivity index is 2.74. The Labute approximate surface area is 67.1 Å². The van der Waals surface area contributed by atoms with Gasteiger partial charge in [0.25, 0.3) is 0 Å². The Morgan fingerprint density at radius 3 is 2.80 bits per heavy atom. The van der Waals surface area contributed by atoms with Crippen molar-refractivity contribution in [3.63, 3.8) is 0 Å². The fourth-order valence-electron chi connectivity index (χ4n) is 0.625. The molecular formula is C6H8BrNO2. The minimum atomic E-state index is -0.161. The van der Waals surface area contributed by atoms with Gasteiger partial charge in [0.2, 0.25) is 0 Å². The molecule has 0 aliphatic rings. The van der Waals surface area contributed by atoms with Crippen molar-refractivity contribution in [3.05, 3.63) is 22.6 Å². The van der Waals surface area contributed by atoms with Gasteiger partial charge in [0.1, 0.15) is 5.76 Å². The van der Waals surface area contributed by atoms with Crippen molar-refractivity contribution in [1.82, 2.24) is 5.48 Å². The molecule has 1 aromatic rings. The average molecular weight is 206 g/mol. The Morgan fingerprint density at radius 1 is 1.70 bits per heavy atom. The zero-order chi connectivity index (χ0) is 7.56. The normalized spacial score (nSPS) is 13.5. The fraction of sp³-hybridized carbons (Fsp3) is 0.333. The summed E-state index contributed by atoms with van der Waals surface area (Å²) in [6.07, 6.45) is 0. The van der Waals surface area contributed by atoms with Crippen molar-refractivity contribution >= 4 is 15.9 Å². The molecule has 0 saturated heterocycles. The van der Waals surface area contributed by atoms with Crippen LogP contribution in [0.25, 0.3) is 0 Å². The molecule has 0 fully saturated rings. The molecule has 0 aliphatic heterocycles. The summed E-state index contributed by atoms with van der Waals surface area (Å²) in [5, 5.41) is 8.47. The van der Waals surface area contributed by atoms with Gasteiger partial charge in [-0.3, -0.25) is 0 Å². The zero-order valence-electron chi connectivity index (χ0n) is 5.47. The van der Waals surface area contributed by atoms with Gasteiger partial charge in [-0.1, -0.05) is 0 Å². The number of hydrogen-bond acceptors (Lipinski definition) is 3. The van der Waals surface area contributed by atoms with Crippen molar-refractivity contribution in [3.8, 4) is 0 Å². The molecule has 1 heterocycles. The molecule has 4 heteroatoms. The monoisotopic (exact) mass is 205 g/mol. The quantitative estimate of drug-likeness (QED) is 0.728. The molecule has 2 N–H and O–H groups in total. The average Bonchev–Trinajstić information content (AvgIpc) is 2.34. The number of hydrogen-bond donors (Lipinski definition) is 2. The van der Waals surface area contributed by atoms with Crippen molar-refractivity contribution in [2.24, 2.45) is 0 Å². The summed E-state index contributed by atoms with van der Waals surface area (Å²) in [5.41, 5.74) is 2.08. The molecule has 1 rings (SSSR count). The number of halogens is 1. The van der Waals surface area contributed by atoms with Gasteiger partial charge in [-0.2, -0.15) is 5.48 Å². The molecule has 0 amide bonds. The van der Waals surface area contributed by atoms with Crippen molar-refractivity contribution < 1.29 is 9.62 Å². The maximum atomic E-state index is 8.47. The predicted octanol–water partition coefficient (Wildman–Crippen LogP) is 2.08. The fourth-order valence-corrected chi connectivity index (χ4v) is 0.944. The van der Waals surface area contributed by atoms with E-state index in [2.05, 4.69) is 21.4 Å². The van der Waals surface area contributed by atoms with Crippen LogP contribution in [0.15, 0.2) is 21.2 Å². The molecule has 56 valence electrons. The van der Waals surface area contributed by atoms with Crippen LogP contribution in [0.1, 0.15) is 18.7 Å². The molecule has 3 nitrogen and oxygen atoms in total. The van der Waals surface area contributed by atoms with Crippen LogP contribution >= 0.6 is 15.9 Å². The van der Waals surface area contributed by atoms with E-state index in [-0.39, 0.29) is 6.04 Å². The summed E-state index contributed by atoms with van der Waals surface area (Å²) in [6.45, 7) is 1.80. The maximum absolute atomic E-state index is 8.47. The summed E-state index contributed by atoms with van der Waals surface area (Å²) in [7, 11) is 0. The van der Waals surface area contributed by atoms with E-state index in [1.165, 1.54) is 0 Å². The van der Waals surface area contributed by atoms with Crippen molar-refractivity contribution in [2.75, 3.05) is 0 Å². The molecule has 0 radical (unpaired) electrons. The lowest BCUT2D eigenvalue weighted by molar-refractivity contribution is 0.123. The highest BCUT2D eigenvalue weighted by Crippen LogP contribution is 2.19. The van der Waals surface area contributed by atoms with E-state index >= 15 is 0 Å². The van der Waals surface area contributed by atoms with Crippen LogP contribution < -0.4 is 5.48 Å². The van der Waals surface area contributed by atoms with Crippen molar-refractivity contribution in [2.45, 2.75) is 13.0 Å². The second-order valence-electron chi connectivity index (χ2n) is 1.99. The van der Waals surface area contributed by atoms with Gasteiger partial charge < -0.3 is 9.62 Å². The van der Waals surface area contributed by atoms with E-state index in [1.54, 1.807) is 19.1 Å². The van der Waals surface area contributed by atoms with Gasteiger partial charge >= 0.3 is 0 Å². The van der Waals surface area contributed by atoms with Gasteiger partial charge in [-0.15, -0.1) is 0 Å². The van der Waals surface area contributed by atoms with Gasteiger partial charge in [-0.25, -0.2) is 0 Å². The molecule has 0 bridgehead atoms. The van der Waals surface area contributed by atoms with E-state index in [0.29, 0.717) is 10.4 Å². The van der Waals surface area contributed by atoms with Gasteiger partial charge in [-0.05, 0) is 35.0 Å². The maximum Gasteiger partial charge on any atom is 0.169 e. The summed E-state index contributed by atoms with van der Waals surface area (Å²) in [6, 6.07) is 3.41. The third-order valence-corrected chi connectivity index (χ3v) is 1.64. The number of furan rings is 1. The highest BCUT2D eigenvalue weighted by atomic mass is 79.9. The largest absolute Gasteiger partial charge is 0.453 e. The third kappa shape index (κ3) is 1.59. The number of hydroxylamine groups is 1. The molecule has 1 atom stereocenters. The Morgan fingerprint density at radius 2 is 2.40 bits per heavy atom. The topological polar surface area (TPSA) is 45.4 Å². The highest BCUT2D eigenvalue weighted by molar-refractivity contribution is 9.10. The van der Waals surface area contributed by atoms with Crippen molar-refractivity contribution in [1.29, 1.82) is 0 Å². The Kier molecular flexibility index (Phi) is 2.48. The van der Waals surface area contributed by atoms with Crippen LogP contribution in [0.5, 0.6) is 0 Å². The summed E-state index contributed by atoms with van der Waals surface area (Å²) in [4.78, 5) is 0. The first-order valence-corrected chi connectivity index (χ1v) is 3.68. The van der Waals surface area contributed by atoms with Gasteiger partial charge in [0.15, 0.2) is 4.67 Å². The lowest BCUT2D eigenvalue weighted by Gasteiger charge is -2.02. The first-order valence-electron chi connectivity index (χ1n) is 2.89. The minimum Gasteiger partial charge on any atom is -0.453 e. The molecule has 0 spiro atoms. The van der Waals surface area contributed by atoms with E-state index < -0.39 is 0 Å². The van der Waals surface area contributed by atoms with Crippen LogP contribution in [0, 0.1) is 0 Å². The molecular weight excluding hydrogens is 198 g/mol. The summed E-state index contributed by atoms with van der Waals surface area (Å²) in [5.74, 6) is 0.703. The molecule has 0 unspecified atom stereocenters. The van der Waals surface area contributed by atoms with Gasteiger partial charge in [0, 0.05) is 0 Å². The lowest BCUT2D eigenvalue weighted by atomic mass is 10.3. The molecule has 0 aliphatic carbocycles. The van der Waals surface area contributed by atoms with E-state index in [4.69, 9.17) is 9.62 Å². The van der Waals surface area contributed by atoms with E-state index in [0.717, 1.165) is 0 Å². The van der Waals surface area contributed by atoms with Gasteiger partial charge in [0.05, 0.1) is 6.04 Å². The molecule has 0 saturated carbocycles. The third-order valence-electron chi connectivity index (χ3n) is 1.21. The first-order chi connectivity index (χ1) is 4.74. The van der Waals surface area contributed by atoms with E-state index in [1.807, 2.05) is 0 Å². The van der Waals surface area contributed by atoms with Crippen LogP contribution in [0.3, 0.4) is 0 Å². The Bertz CT molecular complexity index is 211.